The van der Waals surface area contributed by atoms with Crippen LogP contribution in [0, 0.1) is 0 Å². The lowest BCUT2D eigenvalue weighted by Gasteiger charge is -2.13. The summed E-state index contributed by atoms with van der Waals surface area (Å²) in [5.74, 6) is 0.361. The SMILES string of the molecule is Oc1ccc2ccccc2c1CNC1CCOC1. The molecule has 2 N–H and O–H groups in total. The molecule has 1 fully saturated rings. The number of nitrogens with one attached hydrogen (secondary N) is 1. The molecule has 0 aromatic heterocycles. The van der Waals surface area contributed by atoms with E-state index >= 15 is 0 Å². The van der Waals surface area contributed by atoms with E-state index < -0.39 is 0 Å². The number of phenolic OH excluding ortho intramolecular Hbond substituents is 1. The molecule has 0 saturated carbocycles. The summed E-state index contributed by atoms with van der Waals surface area (Å²) in [6.45, 7) is 2.28. The maximum atomic E-state index is 10.0. The molecule has 0 amide bonds. The van der Waals surface area contributed by atoms with E-state index in [2.05, 4.69) is 17.4 Å². The van der Waals surface area contributed by atoms with Gasteiger partial charge in [-0.05, 0) is 23.3 Å². The first-order valence-electron chi connectivity index (χ1n) is 6.35. The normalized spacial score (nSPS) is 19.4. The summed E-state index contributed by atoms with van der Waals surface area (Å²) in [4.78, 5) is 0. The van der Waals surface area contributed by atoms with E-state index in [4.69, 9.17) is 4.74 Å². The number of hydrogen-bond acceptors (Lipinski definition) is 3. The molecule has 94 valence electrons. The zero-order chi connectivity index (χ0) is 12.4. The fourth-order valence-corrected chi connectivity index (χ4v) is 2.45. The van der Waals surface area contributed by atoms with E-state index in [1.54, 1.807) is 6.07 Å². The Morgan fingerprint density at radius 3 is 2.94 bits per heavy atom. The number of fused-ring (bicyclic) bond motifs is 1. The molecule has 1 aliphatic rings. The van der Waals surface area contributed by atoms with E-state index in [1.165, 1.54) is 0 Å². The number of ether oxygens (including phenoxy) is 1. The van der Waals surface area contributed by atoms with Gasteiger partial charge in [-0.2, -0.15) is 0 Å². The Kier molecular flexibility index (Phi) is 3.17. The van der Waals surface area contributed by atoms with Crippen molar-refractivity contribution < 1.29 is 9.84 Å². The van der Waals surface area contributed by atoms with E-state index in [9.17, 15) is 5.11 Å². The summed E-state index contributed by atoms with van der Waals surface area (Å²) >= 11 is 0. The van der Waals surface area contributed by atoms with E-state index in [0.717, 1.165) is 36.0 Å². The van der Waals surface area contributed by atoms with Crippen molar-refractivity contribution in [2.45, 2.75) is 19.0 Å². The predicted octanol–water partition coefficient (Wildman–Crippen LogP) is 2.42. The number of rotatable bonds is 3. The Morgan fingerprint density at radius 1 is 1.22 bits per heavy atom. The maximum Gasteiger partial charge on any atom is 0.120 e. The van der Waals surface area contributed by atoms with Gasteiger partial charge in [0.25, 0.3) is 0 Å². The Hall–Kier alpha value is -1.58. The molecule has 0 bridgehead atoms. The molecular formula is C15H17NO2. The fraction of sp³-hybridized carbons (Fsp3) is 0.333. The minimum Gasteiger partial charge on any atom is -0.508 e. The summed E-state index contributed by atoms with van der Waals surface area (Å²) in [7, 11) is 0. The van der Waals surface area contributed by atoms with Gasteiger partial charge in [-0.25, -0.2) is 0 Å². The highest BCUT2D eigenvalue weighted by atomic mass is 16.5. The topological polar surface area (TPSA) is 41.5 Å². The fourth-order valence-electron chi connectivity index (χ4n) is 2.45. The van der Waals surface area contributed by atoms with Crippen molar-refractivity contribution in [3.05, 3.63) is 42.0 Å². The number of phenols is 1. The average molecular weight is 243 g/mol. The van der Waals surface area contributed by atoms with Crippen LogP contribution in [0.5, 0.6) is 5.75 Å². The molecule has 1 saturated heterocycles. The van der Waals surface area contributed by atoms with Crippen molar-refractivity contribution in [1.29, 1.82) is 0 Å². The van der Waals surface area contributed by atoms with Gasteiger partial charge >= 0.3 is 0 Å². The van der Waals surface area contributed by atoms with Crippen molar-refractivity contribution in [3.8, 4) is 5.75 Å². The van der Waals surface area contributed by atoms with Gasteiger partial charge in [0.1, 0.15) is 5.75 Å². The molecule has 2 aromatic carbocycles. The first-order chi connectivity index (χ1) is 8.84. The number of hydrogen-bond donors (Lipinski definition) is 2. The monoisotopic (exact) mass is 243 g/mol. The van der Waals surface area contributed by atoms with Gasteiger partial charge in [-0.15, -0.1) is 0 Å². The van der Waals surface area contributed by atoms with Crippen LogP contribution in [0.15, 0.2) is 36.4 Å². The Labute approximate surface area is 106 Å². The van der Waals surface area contributed by atoms with E-state index in [-0.39, 0.29) is 0 Å². The second-order valence-electron chi connectivity index (χ2n) is 4.73. The zero-order valence-corrected chi connectivity index (χ0v) is 10.2. The molecule has 1 unspecified atom stereocenters. The lowest BCUT2D eigenvalue weighted by molar-refractivity contribution is 0.190. The standard InChI is InChI=1S/C15H17NO2/c17-15-6-5-11-3-1-2-4-13(11)14(15)9-16-12-7-8-18-10-12/h1-6,12,16-17H,7-10H2. The summed E-state index contributed by atoms with van der Waals surface area (Å²) in [5, 5.41) is 15.7. The first-order valence-corrected chi connectivity index (χ1v) is 6.35. The van der Waals surface area contributed by atoms with Gasteiger partial charge in [0.15, 0.2) is 0 Å². The maximum absolute atomic E-state index is 10.0. The molecule has 3 heteroatoms. The molecule has 3 nitrogen and oxygen atoms in total. The predicted molar refractivity (Wildman–Crippen MR) is 71.7 cm³/mol. The largest absolute Gasteiger partial charge is 0.508 e. The van der Waals surface area contributed by atoms with Crippen LogP contribution in [-0.2, 0) is 11.3 Å². The smallest absolute Gasteiger partial charge is 0.120 e. The Balaban J connectivity index is 1.87. The van der Waals surface area contributed by atoms with Crippen molar-refractivity contribution in [1.82, 2.24) is 5.32 Å². The van der Waals surface area contributed by atoms with Gasteiger partial charge in [-0.3, -0.25) is 0 Å². The minimum atomic E-state index is 0.361. The third kappa shape index (κ3) is 2.19. The van der Waals surface area contributed by atoms with E-state index in [0.29, 0.717) is 18.3 Å². The van der Waals surface area contributed by atoms with Gasteiger partial charge in [0.2, 0.25) is 0 Å². The highest BCUT2D eigenvalue weighted by Gasteiger charge is 2.16. The molecule has 2 aromatic rings. The van der Waals surface area contributed by atoms with Crippen LogP contribution in [0.1, 0.15) is 12.0 Å². The lowest BCUT2D eigenvalue weighted by atomic mass is 10.0. The zero-order valence-electron chi connectivity index (χ0n) is 10.2. The molecule has 1 aliphatic heterocycles. The lowest BCUT2D eigenvalue weighted by Crippen LogP contribution is -2.28. The van der Waals surface area contributed by atoms with E-state index in [1.807, 2.05) is 18.2 Å². The number of benzene rings is 2. The van der Waals surface area contributed by atoms with Crippen LogP contribution in [-0.4, -0.2) is 24.4 Å². The average Bonchev–Trinajstić information content (AvgIpc) is 2.91. The quantitative estimate of drug-likeness (QED) is 0.870. The van der Waals surface area contributed by atoms with Crippen LogP contribution in [0.25, 0.3) is 10.8 Å². The van der Waals surface area contributed by atoms with Crippen molar-refractivity contribution in [3.63, 3.8) is 0 Å². The second kappa shape index (κ2) is 4.96. The van der Waals surface area contributed by atoms with Crippen molar-refractivity contribution >= 4 is 10.8 Å². The minimum absolute atomic E-state index is 0.361. The van der Waals surface area contributed by atoms with Crippen LogP contribution in [0.2, 0.25) is 0 Å². The van der Waals surface area contributed by atoms with Crippen LogP contribution >= 0.6 is 0 Å². The molecule has 0 radical (unpaired) electrons. The van der Waals surface area contributed by atoms with Crippen LogP contribution < -0.4 is 5.32 Å². The summed E-state index contributed by atoms with van der Waals surface area (Å²) in [6.07, 6.45) is 1.05. The molecular weight excluding hydrogens is 226 g/mol. The second-order valence-corrected chi connectivity index (χ2v) is 4.73. The Bertz CT molecular complexity index is 547. The van der Waals surface area contributed by atoms with Crippen molar-refractivity contribution in [2.24, 2.45) is 0 Å². The van der Waals surface area contributed by atoms with Gasteiger partial charge in [0, 0.05) is 24.8 Å². The van der Waals surface area contributed by atoms with Gasteiger partial charge < -0.3 is 15.2 Å². The van der Waals surface area contributed by atoms with Crippen LogP contribution in [0.3, 0.4) is 0 Å². The van der Waals surface area contributed by atoms with Crippen LogP contribution in [0.4, 0.5) is 0 Å². The first kappa shape index (κ1) is 11.5. The molecule has 0 aliphatic carbocycles. The highest BCUT2D eigenvalue weighted by molar-refractivity contribution is 5.87. The summed E-state index contributed by atoms with van der Waals surface area (Å²) < 4.78 is 5.34. The van der Waals surface area contributed by atoms with Crippen molar-refractivity contribution in [2.75, 3.05) is 13.2 Å². The highest BCUT2D eigenvalue weighted by Crippen LogP contribution is 2.27. The Morgan fingerprint density at radius 2 is 2.11 bits per heavy atom. The molecule has 1 atom stereocenters. The summed E-state index contributed by atoms with van der Waals surface area (Å²) in [6, 6.07) is 12.3. The number of aromatic hydroxyl groups is 1. The molecule has 18 heavy (non-hydrogen) atoms. The molecule has 3 rings (SSSR count). The van der Waals surface area contributed by atoms with Gasteiger partial charge in [0.05, 0.1) is 6.61 Å². The molecule has 1 heterocycles. The summed E-state index contributed by atoms with van der Waals surface area (Å²) in [5.41, 5.74) is 0.972. The molecule has 0 spiro atoms. The third-order valence-electron chi connectivity index (χ3n) is 3.51. The van der Waals surface area contributed by atoms with Gasteiger partial charge in [-0.1, -0.05) is 30.3 Å². The third-order valence-corrected chi connectivity index (χ3v) is 3.51.